The van der Waals surface area contributed by atoms with E-state index in [1.807, 2.05) is 0 Å². The quantitative estimate of drug-likeness (QED) is 0.691. The van der Waals surface area contributed by atoms with Crippen LogP contribution in [0.2, 0.25) is 0 Å². The Kier molecular flexibility index (Phi) is 3.14. The number of carbonyl (C=O) groups excluding carboxylic acids is 1. The van der Waals surface area contributed by atoms with Crippen molar-refractivity contribution < 1.29 is 10.0 Å². The van der Waals surface area contributed by atoms with Crippen molar-refractivity contribution in [3.05, 3.63) is 33.2 Å². The third-order valence-electron chi connectivity index (χ3n) is 2.20. The van der Waals surface area contributed by atoms with Crippen molar-refractivity contribution >= 4 is 5.91 Å². The molecule has 0 unspecified atom stereocenters. The molecule has 0 atom stereocenters. The van der Waals surface area contributed by atoms with Crippen LogP contribution in [0.15, 0.2) is 10.9 Å². The molecule has 0 fully saturated rings. The fourth-order valence-electron chi connectivity index (χ4n) is 1.35. The van der Waals surface area contributed by atoms with E-state index in [4.69, 9.17) is 0 Å². The Bertz CT molecular complexity index is 449. The number of hydrogen-bond acceptors (Lipinski definition) is 3. The van der Waals surface area contributed by atoms with Crippen LogP contribution in [0.25, 0.3) is 0 Å². The van der Waals surface area contributed by atoms with Gasteiger partial charge in [0.1, 0.15) is 0 Å². The predicted octanol–water partition coefficient (Wildman–Crippen LogP) is 0.339. The Hall–Kier alpha value is -1.78. The number of pyridine rings is 1. The topological polar surface area (TPSA) is 71.3 Å². The van der Waals surface area contributed by atoms with E-state index in [0.717, 1.165) is 5.56 Å². The summed E-state index contributed by atoms with van der Waals surface area (Å²) in [4.78, 5) is 22.3. The lowest BCUT2D eigenvalue weighted by Gasteiger charge is -2.09. The molecule has 1 amide bonds. The maximum atomic E-state index is 11.6. The minimum absolute atomic E-state index is 0.140. The van der Waals surface area contributed by atoms with Gasteiger partial charge < -0.3 is 10.5 Å². The smallest absolute Gasteiger partial charge is 0.288 e. The van der Waals surface area contributed by atoms with Gasteiger partial charge in [-0.3, -0.25) is 9.59 Å². The van der Waals surface area contributed by atoms with Crippen molar-refractivity contribution in [1.29, 1.82) is 0 Å². The summed E-state index contributed by atoms with van der Waals surface area (Å²) in [6.45, 7) is 4.92. The Balaban J connectivity index is 3.13. The monoisotopic (exact) mass is 210 g/mol. The predicted molar refractivity (Wildman–Crippen MR) is 54.9 cm³/mol. The summed E-state index contributed by atoms with van der Waals surface area (Å²) >= 11 is 0. The molecule has 82 valence electrons. The van der Waals surface area contributed by atoms with Crippen molar-refractivity contribution in [1.82, 2.24) is 10.0 Å². The van der Waals surface area contributed by atoms with Crippen molar-refractivity contribution in [3.8, 4) is 0 Å². The van der Waals surface area contributed by atoms with Crippen molar-refractivity contribution in [2.75, 3.05) is 0 Å². The lowest BCUT2D eigenvalue weighted by Crippen LogP contribution is -2.30. The molecule has 0 bridgehead atoms. The van der Waals surface area contributed by atoms with Crippen molar-refractivity contribution in [3.63, 3.8) is 0 Å². The standard InChI is InChI=1S/C10H14N2O3/c1-6-4-7(2)12(15)10(14)9(6)5-11-8(3)13/h4,15H,5H2,1-3H3,(H,11,13). The molecule has 0 spiro atoms. The lowest BCUT2D eigenvalue weighted by atomic mass is 10.1. The molecule has 0 aliphatic carbocycles. The highest BCUT2D eigenvalue weighted by molar-refractivity contribution is 5.72. The highest BCUT2D eigenvalue weighted by atomic mass is 16.5. The molecule has 0 aliphatic heterocycles. The third-order valence-corrected chi connectivity index (χ3v) is 2.20. The molecule has 0 aliphatic rings. The van der Waals surface area contributed by atoms with E-state index in [2.05, 4.69) is 5.32 Å². The van der Waals surface area contributed by atoms with Crippen molar-refractivity contribution in [2.24, 2.45) is 0 Å². The normalized spacial score (nSPS) is 10.1. The average Bonchev–Trinajstić information content (AvgIpc) is 2.14. The molecule has 0 aromatic carbocycles. The molecule has 0 saturated carbocycles. The number of rotatable bonds is 2. The summed E-state index contributed by atoms with van der Waals surface area (Å²) in [6, 6.07) is 1.69. The summed E-state index contributed by atoms with van der Waals surface area (Å²) in [5, 5.41) is 11.9. The fourth-order valence-corrected chi connectivity index (χ4v) is 1.35. The van der Waals surface area contributed by atoms with Crippen LogP contribution in [-0.2, 0) is 11.3 Å². The Morgan fingerprint density at radius 3 is 2.67 bits per heavy atom. The van der Waals surface area contributed by atoms with Gasteiger partial charge in [0.25, 0.3) is 5.56 Å². The third kappa shape index (κ3) is 2.37. The second kappa shape index (κ2) is 4.16. The van der Waals surface area contributed by atoms with Gasteiger partial charge in [0.05, 0.1) is 5.69 Å². The SMILES string of the molecule is CC(=O)NCc1c(C)cc(C)n(O)c1=O. The maximum Gasteiger partial charge on any atom is 0.288 e. The number of nitrogens with zero attached hydrogens (tertiary/aromatic N) is 1. The van der Waals surface area contributed by atoms with Gasteiger partial charge in [-0.1, -0.05) is 0 Å². The average molecular weight is 210 g/mol. The van der Waals surface area contributed by atoms with E-state index < -0.39 is 5.56 Å². The van der Waals surface area contributed by atoms with E-state index in [-0.39, 0.29) is 12.5 Å². The van der Waals surface area contributed by atoms with Gasteiger partial charge in [-0.2, -0.15) is 4.73 Å². The van der Waals surface area contributed by atoms with Gasteiger partial charge in [0.15, 0.2) is 0 Å². The Morgan fingerprint density at radius 1 is 1.53 bits per heavy atom. The summed E-state index contributed by atoms with van der Waals surface area (Å²) in [7, 11) is 0. The van der Waals surface area contributed by atoms with Crippen LogP contribution in [0.3, 0.4) is 0 Å². The first-order chi connectivity index (χ1) is 6.93. The molecule has 0 saturated heterocycles. The first kappa shape index (κ1) is 11.3. The second-order valence-corrected chi connectivity index (χ2v) is 3.47. The summed E-state index contributed by atoms with van der Waals surface area (Å²) in [5.41, 5.74) is 1.15. The Morgan fingerprint density at radius 2 is 2.13 bits per heavy atom. The second-order valence-electron chi connectivity index (χ2n) is 3.47. The molecule has 1 aromatic heterocycles. The summed E-state index contributed by atoms with van der Waals surface area (Å²) in [5.74, 6) is -0.209. The zero-order valence-corrected chi connectivity index (χ0v) is 9.00. The van der Waals surface area contributed by atoms with Crippen LogP contribution in [0, 0.1) is 13.8 Å². The molecule has 2 N–H and O–H groups in total. The van der Waals surface area contributed by atoms with Gasteiger partial charge in [-0.15, -0.1) is 0 Å². The van der Waals surface area contributed by atoms with Crippen LogP contribution in [0.5, 0.6) is 0 Å². The van der Waals surface area contributed by atoms with Gasteiger partial charge in [0, 0.05) is 19.0 Å². The van der Waals surface area contributed by atoms with Crippen LogP contribution >= 0.6 is 0 Å². The van der Waals surface area contributed by atoms with Gasteiger partial charge in [-0.05, 0) is 25.5 Å². The minimum atomic E-state index is -0.485. The number of carbonyl (C=O) groups is 1. The van der Waals surface area contributed by atoms with Crippen LogP contribution in [-0.4, -0.2) is 15.8 Å². The molecule has 1 aromatic rings. The molecule has 1 rings (SSSR count). The number of aromatic nitrogens is 1. The molecule has 0 radical (unpaired) electrons. The summed E-state index contributed by atoms with van der Waals surface area (Å²) in [6.07, 6.45) is 0. The zero-order valence-electron chi connectivity index (χ0n) is 9.00. The Labute approximate surface area is 87.3 Å². The summed E-state index contributed by atoms with van der Waals surface area (Å²) < 4.78 is 0.587. The van der Waals surface area contributed by atoms with Gasteiger partial charge in [-0.25, -0.2) is 0 Å². The van der Waals surface area contributed by atoms with Gasteiger partial charge >= 0.3 is 0 Å². The first-order valence-corrected chi connectivity index (χ1v) is 4.59. The van der Waals surface area contributed by atoms with Crippen LogP contribution in [0.1, 0.15) is 23.7 Å². The number of nitrogens with one attached hydrogen (secondary N) is 1. The number of aryl methyl sites for hydroxylation is 2. The number of amides is 1. The molecule has 1 heterocycles. The zero-order chi connectivity index (χ0) is 11.6. The van der Waals surface area contributed by atoms with E-state index in [9.17, 15) is 14.8 Å². The highest BCUT2D eigenvalue weighted by Gasteiger charge is 2.09. The molecular formula is C10H14N2O3. The van der Waals surface area contributed by atoms with E-state index in [1.165, 1.54) is 6.92 Å². The van der Waals surface area contributed by atoms with E-state index >= 15 is 0 Å². The molecular weight excluding hydrogens is 196 g/mol. The van der Waals surface area contributed by atoms with E-state index in [0.29, 0.717) is 16.0 Å². The maximum absolute atomic E-state index is 11.6. The van der Waals surface area contributed by atoms with Crippen molar-refractivity contribution in [2.45, 2.75) is 27.3 Å². The molecule has 5 heteroatoms. The van der Waals surface area contributed by atoms with E-state index in [1.54, 1.807) is 19.9 Å². The lowest BCUT2D eigenvalue weighted by molar-refractivity contribution is -0.119. The van der Waals surface area contributed by atoms with Crippen LogP contribution in [0.4, 0.5) is 0 Å². The highest BCUT2D eigenvalue weighted by Crippen LogP contribution is 2.04. The van der Waals surface area contributed by atoms with Gasteiger partial charge in [0.2, 0.25) is 5.91 Å². The largest absolute Gasteiger partial charge is 0.425 e. The number of hydrogen-bond donors (Lipinski definition) is 2. The minimum Gasteiger partial charge on any atom is -0.425 e. The molecule has 5 nitrogen and oxygen atoms in total. The fraction of sp³-hybridized carbons (Fsp3) is 0.400. The first-order valence-electron chi connectivity index (χ1n) is 4.59. The van der Waals surface area contributed by atoms with Crippen LogP contribution < -0.4 is 10.9 Å². The molecule has 15 heavy (non-hydrogen) atoms.